The van der Waals surface area contributed by atoms with E-state index in [1.54, 1.807) is 30.3 Å². The van der Waals surface area contributed by atoms with E-state index in [0.717, 1.165) is 4.31 Å². The number of carboxylic acids is 1. The van der Waals surface area contributed by atoms with Crippen molar-refractivity contribution in [3.8, 4) is 0 Å². The minimum absolute atomic E-state index is 0.00920. The van der Waals surface area contributed by atoms with Crippen LogP contribution in [0.15, 0.2) is 59.5 Å². The number of aliphatic hydroxyl groups excluding tert-OH is 3. The van der Waals surface area contributed by atoms with Crippen molar-refractivity contribution in [3.63, 3.8) is 0 Å². The number of hydrogen-bond acceptors (Lipinski definition) is 13. The van der Waals surface area contributed by atoms with E-state index < -0.39 is 83.9 Å². The number of amides is 1. The SMILES string of the molecule is CC(C)CN(CC(OC1OC(C(=O)O)C(O)C(O)C1O)C(Cc1ccccc1)NC(=O)OC1COC2OCCC12)S(=O)(=O)c1ccc(N)cc1. The Balaban J connectivity index is 1.51. The van der Waals surface area contributed by atoms with Gasteiger partial charge in [0.15, 0.2) is 18.7 Å². The molecule has 0 radical (unpaired) electrons. The molecule has 0 bridgehead atoms. The van der Waals surface area contributed by atoms with E-state index in [0.29, 0.717) is 24.3 Å². The zero-order chi connectivity index (χ0) is 36.2. The number of aliphatic carboxylic acids is 1. The molecule has 10 atom stereocenters. The average molecular weight is 724 g/mol. The number of carbonyl (C=O) groups is 2. The predicted octanol–water partition coefficient (Wildman–Crippen LogP) is 0.292. The highest BCUT2D eigenvalue weighted by atomic mass is 32.2. The number of nitrogens with one attached hydrogen (secondary N) is 1. The number of benzene rings is 2. The third-order valence-electron chi connectivity index (χ3n) is 8.89. The molecule has 3 saturated heterocycles. The van der Waals surface area contributed by atoms with Crippen molar-refractivity contribution in [2.24, 2.45) is 11.8 Å². The summed E-state index contributed by atoms with van der Waals surface area (Å²) in [5, 5.41) is 44.2. The summed E-state index contributed by atoms with van der Waals surface area (Å²) in [4.78, 5) is 25.4. The Morgan fingerprint density at radius 3 is 2.36 bits per heavy atom. The number of carbonyl (C=O) groups excluding carboxylic acids is 1. The Morgan fingerprint density at radius 1 is 1.00 bits per heavy atom. The number of aliphatic hydroxyl groups is 3. The lowest BCUT2D eigenvalue weighted by Gasteiger charge is -2.42. The lowest BCUT2D eigenvalue weighted by molar-refractivity contribution is -0.306. The van der Waals surface area contributed by atoms with Crippen LogP contribution >= 0.6 is 0 Å². The summed E-state index contributed by atoms with van der Waals surface area (Å²) >= 11 is 0. The number of sulfonamides is 1. The molecule has 2 aromatic rings. The summed E-state index contributed by atoms with van der Waals surface area (Å²) in [5.41, 5.74) is 6.87. The Kier molecular flexibility index (Phi) is 12.3. The normalized spacial score (nSPS) is 29.4. The maximum absolute atomic E-state index is 14.1. The first-order chi connectivity index (χ1) is 23.7. The molecule has 3 fully saturated rings. The van der Waals surface area contributed by atoms with Gasteiger partial charge < -0.3 is 55.2 Å². The first kappa shape index (κ1) is 37.9. The smallest absolute Gasteiger partial charge is 0.407 e. The van der Waals surface area contributed by atoms with Crippen LogP contribution in [0.3, 0.4) is 0 Å². The van der Waals surface area contributed by atoms with Crippen LogP contribution in [-0.2, 0) is 44.9 Å². The van der Waals surface area contributed by atoms with E-state index in [1.165, 1.54) is 24.3 Å². The second-order valence-corrected chi connectivity index (χ2v) is 15.0. The summed E-state index contributed by atoms with van der Waals surface area (Å²) in [5.74, 6) is -1.99. The number of fused-ring (bicyclic) bond motifs is 1. The van der Waals surface area contributed by atoms with Crippen LogP contribution in [0.25, 0.3) is 0 Å². The number of alkyl carbamates (subject to hydrolysis) is 1. The van der Waals surface area contributed by atoms with Gasteiger partial charge in [-0.3, -0.25) is 0 Å². The van der Waals surface area contributed by atoms with Gasteiger partial charge in [-0.15, -0.1) is 0 Å². The molecule has 3 aliphatic rings. The van der Waals surface area contributed by atoms with Crippen molar-refractivity contribution in [1.29, 1.82) is 0 Å². The Hall–Kier alpha value is -3.39. The Morgan fingerprint density at radius 2 is 1.70 bits per heavy atom. The molecule has 3 aliphatic heterocycles. The topological polar surface area (TPSA) is 237 Å². The molecule has 0 aliphatic carbocycles. The second-order valence-electron chi connectivity index (χ2n) is 13.1. The van der Waals surface area contributed by atoms with Gasteiger partial charge in [0.05, 0.1) is 36.2 Å². The van der Waals surface area contributed by atoms with Crippen LogP contribution < -0.4 is 11.1 Å². The maximum Gasteiger partial charge on any atom is 0.407 e. The molecule has 0 aromatic heterocycles. The number of carboxylic acid groups (broad SMARTS) is 1. The average Bonchev–Trinajstić information content (AvgIpc) is 3.69. The van der Waals surface area contributed by atoms with Gasteiger partial charge in [0, 0.05) is 18.8 Å². The monoisotopic (exact) mass is 723 g/mol. The molecule has 10 unspecified atom stereocenters. The van der Waals surface area contributed by atoms with Crippen LogP contribution in [0.4, 0.5) is 10.5 Å². The van der Waals surface area contributed by atoms with Gasteiger partial charge in [-0.05, 0) is 48.6 Å². The summed E-state index contributed by atoms with van der Waals surface area (Å²) in [6.45, 7) is 3.75. The fraction of sp³-hybridized carbons (Fsp3) is 0.576. The highest BCUT2D eigenvalue weighted by Crippen LogP contribution is 2.33. The molecular formula is C33H45N3O13S. The number of hydrogen-bond donors (Lipinski definition) is 6. The second kappa shape index (κ2) is 16.3. The quantitative estimate of drug-likeness (QED) is 0.144. The maximum atomic E-state index is 14.1. The molecule has 16 nitrogen and oxygen atoms in total. The minimum Gasteiger partial charge on any atom is -0.479 e. The first-order valence-electron chi connectivity index (χ1n) is 16.4. The third kappa shape index (κ3) is 8.90. The fourth-order valence-electron chi connectivity index (χ4n) is 6.28. The van der Waals surface area contributed by atoms with Crippen LogP contribution in [0.5, 0.6) is 0 Å². The number of anilines is 1. The summed E-state index contributed by atoms with van der Waals surface area (Å²) in [6.07, 6.45) is -12.4. The zero-order valence-corrected chi connectivity index (χ0v) is 28.5. The molecule has 5 rings (SSSR count). The van der Waals surface area contributed by atoms with Gasteiger partial charge in [0.1, 0.15) is 24.4 Å². The number of ether oxygens (including phenoxy) is 5. The van der Waals surface area contributed by atoms with Gasteiger partial charge in [-0.1, -0.05) is 44.2 Å². The van der Waals surface area contributed by atoms with Crippen molar-refractivity contribution in [3.05, 3.63) is 60.2 Å². The predicted molar refractivity (Wildman–Crippen MR) is 175 cm³/mol. The summed E-state index contributed by atoms with van der Waals surface area (Å²) in [6, 6.07) is 13.4. The van der Waals surface area contributed by atoms with Crippen LogP contribution in [0.1, 0.15) is 25.8 Å². The highest BCUT2D eigenvalue weighted by Gasteiger charge is 2.49. The van der Waals surface area contributed by atoms with Crippen LogP contribution in [0.2, 0.25) is 0 Å². The van der Waals surface area contributed by atoms with E-state index in [1.807, 2.05) is 13.8 Å². The van der Waals surface area contributed by atoms with Gasteiger partial charge in [-0.25, -0.2) is 18.0 Å². The van der Waals surface area contributed by atoms with E-state index in [9.17, 15) is 38.4 Å². The molecule has 7 N–H and O–H groups in total. The lowest BCUT2D eigenvalue weighted by Crippen LogP contribution is -2.62. The van der Waals surface area contributed by atoms with Crippen LogP contribution in [0, 0.1) is 11.8 Å². The fourth-order valence-corrected chi connectivity index (χ4v) is 7.90. The summed E-state index contributed by atoms with van der Waals surface area (Å²) in [7, 11) is -4.23. The molecule has 0 saturated carbocycles. The number of nitrogens with two attached hydrogens (primary N) is 1. The van der Waals surface area contributed by atoms with Crippen molar-refractivity contribution in [1.82, 2.24) is 9.62 Å². The van der Waals surface area contributed by atoms with Crippen molar-refractivity contribution in [2.75, 3.05) is 32.0 Å². The van der Waals surface area contributed by atoms with E-state index in [-0.39, 0.29) is 36.3 Å². The van der Waals surface area contributed by atoms with E-state index in [2.05, 4.69) is 5.32 Å². The molecule has 17 heteroatoms. The highest BCUT2D eigenvalue weighted by molar-refractivity contribution is 7.89. The van der Waals surface area contributed by atoms with Gasteiger partial charge in [0.25, 0.3) is 0 Å². The summed E-state index contributed by atoms with van der Waals surface area (Å²) < 4.78 is 57.9. The van der Waals surface area contributed by atoms with Gasteiger partial charge >= 0.3 is 12.1 Å². The molecule has 3 heterocycles. The zero-order valence-electron chi connectivity index (χ0n) is 27.7. The standard InChI is InChI=1S/C33H45N3O13S/c1-18(2)15-36(50(43,44)21-10-8-20(34)9-11-21)16-24(47-32-28(39)26(37)27(38)29(49-32)30(40)41)23(14-19-6-4-3-5-7-19)35-33(42)48-25-17-46-31-22(25)12-13-45-31/h3-11,18,22-29,31-32,37-39H,12-17,34H2,1-2H3,(H,35,42)(H,40,41). The van der Waals surface area contributed by atoms with Gasteiger partial charge in [0.2, 0.25) is 10.0 Å². The van der Waals surface area contributed by atoms with E-state index >= 15 is 0 Å². The van der Waals surface area contributed by atoms with Gasteiger partial charge in [-0.2, -0.15) is 4.31 Å². The van der Waals surface area contributed by atoms with E-state index in [4.69, 9.17) is 29.4 Å². The number of nitrogen functional groups attached to an aromatic ring is 1. The minimum atomic E-state index is -4.23. The Bertz CT molecular complexity index is 1550. The number of nitrogens with zero attached hydrogens (tertiary/aromatic N) is 1. The molecule has 1 amide bonds. The third-order valence-corrected chi connectivity index (χ3v) is 10.7. The number of rotatable bonds is 14. The van der Waals surface area contributed by atoms with Crippen molar-refractivity contribution < 1.29 is 62.1 Å². The van der Waals surface area contributed by atoms with Crippen molar-refractivity contribution in [2.45, 2.75) is 86.8 Å². The van der Waals surface area contributed by atoms with Crippen molar-refractivity contribution >= 4 is 27.8 Å². The molecule has 50 heavy (non-hydrogen) atoms. The molecule has 2 aromatic carbocycles. The molecule has 276 valence electrons. The largest absolute Gasteiger partial charge is 0.479 e. The first-order valence-corrected chi connectivity index (χ1v) is 17.9. The lowest BCUT2D eigenvalue weighted by atomic mass is 9.98. The molecule has 0 spiro atoms. The van der Waals surface area contributed by atoms with Crippen LogP contribution in [-0.4, -0.2) is 127 Å². The Labute approximate surface area is 290 Å². The molecular weight excluding hydrogens is 678 g/mol.